The lowest BCUT2D eigenvalue weighted by atomic mass is 9.72. The Labute approximate surface area is 155 Å². The van der Waals surface area contributed by atoms with Crippen LogP contribution in [0, 0.1) is 0 Å². The Hall–Kier alpha value is -0.280. The highest BCUT2D eigenvalue weighted by Gasteiger charge is 2.39. The summed E-state index contributed by atoms with van der Waals surface area (Å²) in [6.07, 6.45) is 11.7. The summed E-state index contributed by atoms with van der Waals surface area (Å²) in [7, 11) is 0. The van der Waals surface area contributed by atoms with Crippen molar-refractivity contribution in [2.45, 2.75) is 81.8 Å². The van der Waals surface area contributed by atoms with Gasteiger partial charge in [-0.3, -0.25) is 0 Å². The lowest BCUT2D eigenvalue weighted by Crippen LogP contribution is -2.45. The van der Waals surface area contributed by atoms with E-state index in [0.717, 1.165) is 37.8 Å². The van der Waals surface area contributed by atoms with E-state index in [-0.39, 0.29) is 5.92 Å². The minimum Gasteiger partial charge on any atom is -0.389 e. The number of rotatable bonds is 5. The van der Waals surface area contributed by atoms with E-state index >= 15 is 0 Å². The Morgan fingerprint density at radius 2 is 1.67 bits per heavy atom. The van der Waals surface area contributed by atoms with Crippen molar-refractivity contribution in [1.82, 2.24) is 5.32 Å². The molecule has 0 aliphatic heterocycles. The summed E-state index contributed by atoms with van der Waals surface area (Å²) < 4.78 is 0. The minimum atomic E-state index is -0.628. The minimum absolute atomic E-state index is 0.0782. The van der Waals surface area contributed by atoms with Gasteiger partial charge in [0.05, 0.1) is 15.6 Å². The molecule has 0 bridgehead atoms. The number of nitrogens with one attached hydrogen (secondary N) is 1. The van der Waals surface area contributed by atoms with Gasteiger partial charge in [-0.05, 0) is 43.4 Å². The summed E-state index contributed by atoms with van der Waals surface area (Å²) in [4.78, 5) is 0. The molecular weight excluding hydrogens is 341 g/mol. The molecule has 0 aromatic heterocycles. The second-order valence-electron chi connectivity index (χ2n) is 7.63. The average Bonchev–Trinajstić information content (AvgIpc) is 2.59. The van der Waals surface area contributed by atoms with Crippen LogP contribution in [0.3, 0.4) is 0 Å². The normalized spacial score (nSPS) is 23.1. The molecule has 1 aromatic rings. The van der Waals surface area contributed by atoms with Gasteiger partial charge < -0.3 is 10.4 Å². The summed E-state index contributed by atoms with van der Waals surface area (Å²) in [5.41, 5.74) is 0.481. The van der Waals surface area contributed by atoms with E-state index in [9.17, 15) is 5.11 Å². The van der Waals surface area contributed by atoms with Gasteiger partial charge in [0.15, 0.2) is 0 Å². The van der Waals surface area contributed by atoms with Crippen LogP contribution in [-0.4, -0.2) is 23.3 Å². The Morgan fingerprint density at radius 1 is 1.00 bits per heavy atom. The molecule has 2 nitrogen and oxygen atoms in total. The summed E-state index contributed by atoms with van der Waals surface area (Å²) in [5, 5.41) is 16.3. The summed E-state index contributed by atoms with van der Waals surface area (Å²) in [5.74, 6) is 0.0782. The predicted molar refractivity (Wildman–Crippen MR) is 102 cm³/mol. The number of hydrogen-bond acceptors (Lipinski definition) is 2. The van der Waals surface area contributed by atoms with E-state index in [1.54, 1.807) is 0 Å². The molecule has 0 radical (unpaired) electrons. The van der Waals surface area contributed by atoms with Crippen molar-refractivity contribution >= 4 is 23.2 Å². The highest BCUT2D eigenvalue weighted by Crippen LogP contribution is 2.41. The lowest BCUT2D eigenvalue weighted by Gasteiger charge is -2.40. The number of aliphatic hydroxyl groups is 1. The van der Waals surface area contributed by atoms with Crippen LogP contribution in [0.5, 0.6) is 0 Å². The topological polar surface area (TPSA) is 32.3 Å². The van der Waals surface area contributed by atoms with E-state index in [0.29, 0.717) is 16.1 Å². The molecular formula is C20H29Cl2NO. The molecule has 134 valence electrons. The fourth-order valence-electron chi connectivity index (χ4n) is 4.45. The van der Waals surface area contributed by atoms with Crippen LogP contribution in [0.15, 0.2) is 18.2 Å². The van der Waals surface area contributed by atoms with Crippen molar-refractivity contribution in [3.63, 3.8) is 0 Å². The van der Waals surface area contributed by atoms with Gasteiger partial charge in [-0.2, -0.15) is 0 Å². The summed E-state index contributed by atoms with van der Waals surface area (Å²) >= 11 is 12.4. The van der Waals surface area contributed by atoms with Crippen molar-refractivity contribution in [2.24, 2.45) is 0 Å². The van der Waals surface area contributed by atoms with E-state index in [2.05, 4.69) is 5.32 Å². The summed E-state index contributed by atoms with van der Waals surface area (Å²) in [6.45, 7) is 0.819. The molecule has 4 heteroatoms. The van der Waals surface area contributed by atoms with E-state index in [4.69, 9.17) is 23.2 Å². The molecule has 3 rings (SSSR count). The van der Waals surface area contributed by atoms with Crippen LogP contribution in [0.2, 0.25) is 10.0 Å². The fourth-order valence-corrected chi connectivity index (χ4v) is 4.76. The maximum Gasteiger partial charge on any atom is 0.0728 e. The van der Waals surface area contributed by atoms with Crippen molar-refractivity contribution in [3.8, 4) is 0 Å². The van der Waals surface area contributed by atoms with Gasteiger partial charge in [0.25, 0.3) is 0 Å². The van der Waals surface area contributed by atoms with Crippen molar-refractivity contribution in [3.05, 3.63) is 33.8 Å². The number of halogens is 2. The van der Waals surface area contributed by atoms with Crippen LogP contribution >= 0.6 is 23.2 Å². The Morgan fingerprint density at radius 3 is 2.33 bits per heavy atom. The third-order valence-electron chi connectivity index (χ3n) is 5.93. The first-order valence-electron chi connectivity index (χ1n) is 9.49. The molecule has 0 spiro atoms. The molecule has 1 atom stereocenters. The van der Waals surface area contributed by atoms with E-state index in [1.807, 2.05) is 18.2 Å². The highest BCUT2D eigenvalue weighted by atomic mass is 35.5. The molecule has 1 unspecified atom stereocenters. The van der Waals surface area contributed by atoms with Gasteiger partial charge in [0.2, 0.25) is 0 Å². The highest BCUT2D eigenvalue weighted by molar-refractivity contribution is 6.42. The zero-order valence-electron chi connectivity index (χ0n) is 14.4. The molecule has 0 amide bonds. The first-order chi connectivity index (χ1) is 11.6. The van der Waals surface area contributed by atoms with Gasteiger partial charge in [0, 0.05) is 18.5 Å². The molecule has 0 heterocycles. The number of hydrogen-bond donors (Lipinski definition) is 2. The monoisotopic (exact) mass is 369 g/mol. The van der Waals surface area contributed by atoms with E-state index < -0.39 is 5.60 Å². The fraction of sp³-hybridized carbons (Fsp3) is 0.700. The third-order valence-corrected chi connectivity index (χ3v) is 6.67. The van der Waals surface area contributed by atoms with Gasteiger partial charge in [-0.25, -0.2) is 0 Å². The van der Waals surface area contributed by atoms with Crippen molar-refractivity contribution in [2.75, 3.05) is 6.54 Å². The molecule has 1 aromatic carbocycles. The van der Waals surface area contributed by atoms with Crippen molar-refractivity contribution < 1.29 is 5.11 Å². The second-order valence-corrected chi connectivity index (χ2v) is 8.45. The predicted octanol–water partition coefficient (Wildman–Crippen LogP) is 5.69. The van der Waals surface area contributed by atoms with Crippen LogP contribution in [0.4, 0.5) is 0 Å². The molecule has 24 heavy (non-hydrogen) atoms. The standard InChI is InChI=1S/C20H29Cl2NO/c21-18-10-9-15(13-19(18)22)17(20(24)11-5-2-6-12-20)14-23-16-7-3-1-4-8-16/h9-10,13,16-17,23-24H,1-8,11-12,14H2. The summed E-state index contributed by atoms with van der Waals surface area (Å²) in [6, 6.07) is 6.44. The molecule has 2 aliphatic carbocycles. The third kappa shape index (κ3) is 4.46. The Bertz CT molecular complexity index is 536. The van der Waals surface area contributed by atoms with Crippen LogP contribution in [-0.2, 0) is 0 Å². The van der Waals surface area contributed by atoms with Crippen molar-refractivity contribution in [1.29, 1.82) is 0 Å². The zero-order valence-corrected chi connectivity index (χ0v) is 15.9. The molecule has 2 fully saturated rings. The molecule has 2 saturated carbocycles. The van der Waals surface area contributed by atoms with Gasteiger partial charge in [0.1, 0.15) is 0 Å². The lowest BCUT2D eigenvalue weighted by molar-refractivity contribution is -0.0223. The van der Waals surface area contributed by atoms with Gasteiger partial charge in [-0.1, -0.05) is 67.8 Å². The average molecular weight is 370 g/mol. The largest absolute Gasteiger partial charge is 0.389 e. The van der Waals surface area contributed by atoms with Crippen LogP contribution in [0.1, 0.15) is 75.7 Å². The quantitative estimate of drug-likeness (QED) is 0.697. The maximum atomic E-state index is 11.4. The first kappa shape index (κ1) is 18.5. The van der Waals surface area contributed by atoms with E-state index in [1.165, 1.54) is 38.5 Å². The molecule has 0 saturated heterocycles. The maximum absolute atomic E-state index is 11.4. The zero-order chi connectivity index (χ0) is 17.0. The second kappa shape index (κ2) is 8.40. The SMILES string of the molecule is OC1(C(CNC2CCCCC2)c2ccc(Cl)c(Cl)c2)CCCCC1. The van der Waals surface area contributed by atoms with Gasteiger partial charge in [-0.15, -0.1) is 0 Å². The first-order valence-corrected chi connectivity index (χ1v) is 10.2. The number of benzene rings is 1. The Kier molecular flexibility index (Phi) is 6.48. The van der Waals surface area contributed by atoms with Crippen LogP contribution < -0.4 is 5.32 Å². The molecule has 2 N–H and O–H groups in total. The van der Waals surface area contributed by atoms with Crippen LogP contribution in [0.25, 0.3) is 0 Å². The molecule has 2 aliphatic rings. The Balaban J connectivity index is 1.78. The smallest absolute Gasteiger partial charge is 0.0728 e. The van der Waals surface area contributed by atoms with Gasteiger partial charge >= 0.3 is 0 Å².